The Morgan fingerprint density at radius 3 is 2.78 bits per heavy atom. The fraction of sp³-hybridized carbons (Fsp3) is 0.167. The molecule has 0 radical (unpaired) electrons. The number of aromatic nitrogens is 3. The van der Waals surface area contributed by atoms with Crippen molar-refractivity contribution in [3.63, 3.8) is 0 Å². The van der Waals surface area contributed by atoms with Crippen LogP contribution in [0.3, 0.4) is 0 Å². The lowest BCUT2D eigenvalue weighted by atomic mass is 10.2. The lowest BCUT2D eigenvalue weighted by molar-refractivity contribution is 0.183. The van der Waals surface area contributed by atoms with Crippen molar-refractivity contribution in [3.8, 4) is 11.3 Å². The number of hydrogen-bond donors (Lipinski definition) is 0. The van der Waals surface area contributed by atoms with E-state index >= 15 is 0 Å². The summed E-state index contributed by atoms with van der Waals surface area (Å²) in [5.41, 5.74) is 1.93. The number of hydrogen-bond acceptors (Lipinski definition) is 4. The molecule has 4 nitrogen and oxygen atoms in total. The fourth-order valence-corrected chi connectivity index (χ4v) is 2.66. The average Bonchev–Trinajstić information content (AvgIpc) is 2.88. The normalized spacial score (nSPS) is 11.2. The Bertz CT molecular complexity index is 643. The lowest BCUT2D eigenvalue weighted by Crippen LogP contribution is -1.88. The summed E-state index contributed by atoms with van der Waals surface area (Å²) >= 11 is 7.39. The molecule has 0 aliphatic carbocycles. The third-order valence-corrected chi connectivity index (χ3v) is 3.64. The van der Waals surface area contributed by atoms with Crippen molar-refractivity contribution >= 4 is 27.9 Å². The molecule has 0 fully saturated rings. The molecule has 2 aromatic heterocycles. The van der Waals surface area contributed by atoms with Crippen LogP contribution in [0, 0.1) is 0 Å². The van der Waals surface area contributed by atoms with Gasteiger partial charge in [0.2, 0.25) is 4.96 Å². The first kappa shape index (κ1) is 11.6. The Hall–Kier alpha value is -1.43. The van der Waals surface area contributed by atoms with Crippen LogP contribution in [0.5, 0.6) is 0 Å². The maximum Gasteiger partial charge on any atom is 0.212 e. The van der Waals surface area contributed by atoms with Gasteiger partial charge in [-0.05, 0) is 12.1 Å². The van der Waals surface area contributed by atoms with Crippen LogP contribution in [0.4, 0.5) is 0 Å². The zero-order valence-electron chi connectivity index (χ0n) is 9.63. The van der Waals surface area contributed by atoms with Crippen molar-refractivity contribution in [3.05, 3.63) is 40.5 Å². The molecule has 0 unspecified atom stereocenters. The van der Waals surface area contributed by atoms with Gasteiger partial charge in [0.25, 0.3) is 0 Å². The molecule has 3 rings (SSSR count). The second-order valence-corrected chi connectivity index (χ2v) is 5.27. The van der Waals surface area contributed by atoms with Crippen molar-refractivity contribution in [1.29, 1.82) is 0 Å². The predicted molar refractivity (Wildman–Crippen MR) is 72.0 cm³/mol. The molecule has 0 atom stereocenters. The summed E-state index contributed by atoms with van der Waals surface area (Å²) in [5.74, 6) is 0. The van der Waals surface area contributed by atoms with Crippen LogP contribution < -0.4 is 0 Å². The number of nitrogens with zero attached hydrogens (tertiary/aromatic N) is 3. The smallest absolute Gasteiger partial charge is 0.212 e. The van der Waals surface area contributed by atoms with Gasteiger partial charge in [0.15, 0.2) is 0 Å². The Balaban J connectivity index is 1.98. The zero-order valence-corrected chi connectivity index (χ0v) is 11.2. The molecule has 0 saturated carbocycles. The topological polar surface area (TPSA) is 39.4 Å². The molecular weight excluding hydrogens is 270 g/mol. The minimum Gasteiger partial charge on any atom is -0.377 e. The molecule has 3 aromatic rings. The Morgan fingerprint density at radius 1 is 1.33 bits per heavy atom. The molecule has 0 saturated heterocycles. The highest BCUT2D eigenvalue weighted by Crippen LogP contribution is 2.23. The highest BCUT2D eigenvalue weighted by molar-refractivity contribution is 7.16. The molecule has 0 spiro atoms. The third kappa shape index (κ3) is 2.12. The molecule has 0 aliphatic heterocycles. The van der Waals surface area contributed by atoms with Crippen LogP contribution in [0.15, 0.2) is 30.5 Å². The molecule has 0 aliphatic rings. The standard InChI is InChI=1S/C12H10ClN3OS/c1-17-7-11-15-16-6-10(14-12(16)18-11)8-2-4-9(13)5-3-8/h2-6H,7H2,1H3. The SMILES string of the molecule is COCc1nn2cc(-c3ccc(Cl)cc3)nc2s1. The molecular formula is C12H10ClN3OS. The molecule has 6 heteroatoms. The van der Waals surface area contributed by atoms with E-state index in [9.17, 15) is 0 Å². The van der Waals surface area contributed by atoms with E-state index in [1.54, 1.807) is 11.6 Å². The summed E-state index contributed by atoms with van der Waals surface area (Å²) in [5, 5.41) is 6.03. The minimum absolute atomic E-state index is 0.518. The number of fused-ring (bicyclic) bond motifs is 1. The van der Waals surface area contributed by atoms with E-state index in [2.05, 4.69) is 10.1 Å². The molecule has 2 heterocycles. The van der Waals surface area contributed by atoms with E-state index in [4.69, 9.17) is 16.3 Å². The van der Waals surface area contributed by atoms with E-state index in [-0.39, 0.29) is 0 Å². The average molecular weight is 280 g/mol. The highest BCUT2D eigenvalue weighted by atomic mass is 35.5. The third-order valence-electron chi connectivity index (χ3n) is 2.49. The second kappa shape index (κ2) is 4.68. The number of methoxy groups -OCH3 is 1. The van der Waals surface area contributed by atoms with Crippen molar-refractivity contribution in [2.45, 2.75) is 6.61 Å². The fourth-order valence-electron chi connectivity index (χ4n) is 1.68. The van der Waals surface area contributed by atoms with Crippen molar-refractivity contribution in [2.75, 3.05) is 7.11 Å². The first-order valence-corrected chi connectivity index (χ1v) is 6.55. The summed E-state index contributed by atoms with van der Waals surface area (Å²) in [6.45, 7) is 0.518. The molecule has 0 amide bonds. The molecule has 18 heavy (non-hydrogen) atoms. The lowest BCUT2D eigenvalue weighted by Gasteiger charge is -1.95. The Labute approximate surface area is 113 Å². The van der Waals surface area contributed by atoms with Gasteiger partial charge in [-0.3, -0.25) is 0 Å². The Morgan fingerprint density at radius 2 is 2.11 bits per heavy atom. The van der Waals surface area contributed by atoms with E-state index in [0.717, 1.165) is 26.2 Å². The number of halogens is 1. The van der Waals surface area contributed by atoms with Crippen molar-refractivity contribution in [1.82, 2.24) is 14.6 Å². The first-order chi connectivity index (χ1) is 8.76. The van der Waals surface area contributed by atoms with Crippen LogP contribution in [0.1, 0.15) is 5.01 Å². The van der Waals surface area contributed by atoms with E-state index < -0.39 is 0 Å². The monoisotopic (exact) mass is 279 g/mol. The first-order valence-electron chi connectivity index (χ1n) is 5.36. The Kier molecular flexibility index (Phi) is 3.03. The number of rotatable bonds is 3. The molecule has 92 valence electrons. The predicted octanol–water partition coefficient (Wildman–Crippen LogP) is 3.26. The maximum atomic E-state index is 5.86. The van der Waals surface area contributed by atoms with Gasteiger partial charge in [-0.25, -0.2) is 9.50 Å². The van der Waals surface area contributed by atoms with E-state index in [0.29, 0.717) is 6.61 Å². The van der Waals surface area contributed by atoms with Gasteiger partial charge in [0, 0.05) is 17.7 Å². The zero-order chi connectivity index (χ0) is 12.5. The number of imidazole rings is 1. The van der Waals surface area contributed by atoms with Crippen LogP contribution in [-0.4, -0.2) is 21.7 Å². The summed E-state index contributed by atoms with van der Waals surface area (Å²) < 4.78 is 6.83. The van der Waals surface area contributed by atoms with E-state index in [1.165, 1.54) is 11.3 Å². The van der Waals surface area contributed by atoms with Crippen molar-refractivity contribution in [2.24, 2.45) is 0 Å². The summed E-state index contributed by atoms with van der Waals surface area (Å²) in [4.78, 5) is 5.40. The van der Waals surface area contributed by atoms with Crippen LogP contribution in [0.2, 0.25) is 5.02 Å². The van der Waals surface area contributed by atoms with Crippen LogP contribution in [-0.2, 0) is 11.3 Å². The van der Waals surface area contributed by atoms with Gasteiger partial charge in [0.1, 0.15) is 5.01 Å². The number of benzene rings is 1. The van der Waals surface area contributed by atoms with Gasteiger partial charge in [-0.1, -0.05) is 35.1 Å². The van der Waals surface area contributed by atoms with Crippen molar-refractivity contribution < 1.29 is 4.74 Å². The number of ether oxygens (including phenoxy) is 1. The van der Waals surface area contributed by atoms with Gasteiger partial charge in [-0.15, -0.1) is 0 Å². The van der Waals surface area contributed by atoms with Gasteiger partial charge < -0.3 is 4.74 Å². The quantitative estimate of drug-likeness (QED) is 0.739. The second-order valence-electron chi connectivity index (χ2n) is 3.79. The maximum absolute atomic E-state index is 5.86. The van der Waals surface area contributed by atoms with Crippen LogP contribution >= 0.6 is 22.9 Å². The molecule has 1 aromatic carbocycles. The van der Waals surface area contributed by atoms with Gasteiger partial charge >= 0.3 is 0 Å². The minimum atomic E-state index is 0.518. The summed E-state index contributed by atoms with van der Waals surface area (Å²) in [6.07, 6.45) is 1.91. The summed E-state index contributed by atoms with van der Waals surface area (Å²) in [7, 11) is 1.66. The van der Waals surface area contributed by atoms with Crippen LogP contribution in [0.25, 0.3) is 16.2 Å². The summed E-state index contributed by atoms with van der Waals surface area (Å²) in [6, 6.07) is 7.61. The van der Waals surface area contributed by atoms with Gasteiger partial charge in [0.05, 0.1) is 18.5 Å². The molecule has 0 bridgehead atoms. The molecule has 0 N–H and O–H groups in total. The largest absolute Gasteiger partial charge is 0.377 e. The van der Waals surface area contributed by atoms with E-state index in [1.807, 2.05) is 30.5 Å². The highest BCUT2D eigenvalue weighted by Gasteiger charge is 2.09. The van der Waals surface area contributed by atoms with Gasteiger partial charge in [-0.2, -0.15) is 5.10 Å².